The quantitative estimate of drug-likeness (QED) is 0.850. The maximum Gasteiger partial charge on any atom is 0.314 e. The highest BCUT2D eigenvalue weighted by Crippen LogP contribution is 2.23. The minimum absolute atomic E-state index is 0.00118. The fraction of sp³-hybridized carbons (Fsp3) is 0.333. The summed E-state index contributed by atoms with van der Waals surface area (Å²) >= 11 is 5.80. The lowest BCUT2D eigenvalue weighted by molar-refractivity contribution is -0.117. The molecular formula is C12H14ClN3O2. The Morgan fingerprint density at radius 3 is 2.67 bits per heavy atom. The molecule has 1 aliphatic heterocycles. The number of anilines is 1. The first-order valence-corrected chi connectivity index (χ1v) is 6.02. The Morgan fingerprint density at radius 2 is 2.06 bits per heavy atom. The number of benzene rings is 1. The van der Waals surface area contributed by atoms with Crippen LogP contribution in [0.1, 0.15) is 6.42 Å². The summed E-state index contributed by atoms with van der Waals surface area (Å²) in [6, 6.07) is 6.64. The number of urea groups is 1. The molecule has 6 heteroatoms. The molecule has 3 amide bonds. The molecule has 1 aliphatic rings. The smallest absolute Gasteiger partial charge is 0.314 e. The largest absolute Gasteiger partial charge is 0.341 e. The number of hydrogen-bond acceptors (Lipinski definition) is 2. The average Bonchev–Trinajstić information content (AvgIpc) is 2.71. The summed E-state index contributed by atoms with van der Waals surface area (Å²) < 4.78 is 0. The third-order valence-corrected chi connectivity index (χ3v) is 3.08. The van der Waals surface area contributed by atoms with Crippen LogP contribution in [0.25, 0.3) is 0 Å². The van der Waals surface area contributed by atoms with Crippen LogP contribution in [0.2, 0.25) is 5.02 Å². The molecule has 1 atom stereocenters. The van der Waals surface area contributed by atoms with Gasteiger partial charge in [0, 0.05) is 30.7 Å². The lowest BCUT2D eigenvalue weighted by Gasteiger charge is -2.17. The monoisotopic (exact) mass is 267 g/mol. The van der Waals surface area contributed by atoms with Gasteiger partial charge in [0.25, 0.3) is 0 Å². The Hall–Kier alpha value is -1.75. The van der Waals surface area contributed by atoms with Gasteiger partial charge in [-0.05, 0) is 24.3 Å². The summed E-state index contributed by atoms with van der Waals surface area (Å²) in [6.07, 6.45) is 0.316. The number of hydrogen-bond donors (Lipinski definition) is 2. The molecule has 0 aliphatic carbocycles. The van der Waals surface area contributed by atoms with Crippen molar-refractivity contribution < 1.29 is 9.59 Å². The zero-order chi connectivity index (χ0) is 13.1. The first kappa shape index (κ1) is 12.7. The van der Waals surface area contributed by atoms with Crippen molar-refractivity contribution in [2.45, 2.75) is 12.5 Å². The molecule has 18 heavy (non-hydrogen) atoms. The number of halogens is 1. The highest BCUT2D eigenvalue weighted by molar-refractivity contribution is 6.30. The van der Waals surface area contributed by atoms with Gasteiger partial charge in [0.15, 0.2) is 0 Å². The normalized spacial score (nSPS) is 18.9. The Morgan fingerprint density at radius 1 is 1.39 bits per heavy atom. The van der Waals surface area contributed by atoms with Crippen molar-refractivity contribution in [3.63, 3.8) is 0 Å². The van der Waals surface area contributed by atoms with E-state index < -0.39 is 0 Å². The van der Waals surface area contributed by atoms with E-state index in [2.05, 4.69) is 10.6 Å². The average molecular weight is 268 g/mol. The molecule has 0 radical (unpaired) electrons. The van der Waals surface area contributed by atoms with Crippen LogP contribution in [0, 0.1) is 0 Å². The van der Waals surface area contributed by atoms with Gasteiger partial charge in [0.05, 0.1) is 6.04 Å². The lowest BCUT2D eigenvalue weighted by atomic mass is 10.2. The first-order chi connectivity index (χ1) is 8.60. The third kappa shape index (κ3) is 2.73. The lowest BCUT2D eigenvalue weighted by Crippen LogP contribution is -2.41. The van der Waals surface area contributed by atoms with Crippen molar-refractivity contribution in [1.29, 1.82) is 0 Å². The van der Waals surface area contributed by atoms with Crippen LogP contribution in [0.3, 0.4) is 0 Å². The molecular weight excluding hydrogens is 254 g/mol. The van der Waals surface area contributed by atoms with E-state index in [4.69, 9.17) is 11.6 Å². The molecule has 1 fully saturated rings. The van der Waals surface area contributed by atoms with E-state index in [0.717, 1.165) is 5.69 Å². The molecule has 1 saturated heterocycles. The van der Waals surface area contributed by atoms with Crippen LogP contribution < -0.4 is 15.5 Å². The fourth-order valence-electron chi connectivity index (χ4n) is 1.93. The summed E-state index contributed by atoms with van der Waals surface area (Å²) in [5, 5.41) is 5.83. The molecule has 1 aromatic carbocycles. The van der Waals surface area contributed by atoms with Gasteiger partial charge in [0.2, 0.25) is 5.91 Å². The molecule has 5 nitrogen and oxygen atoms in total. The molecule has 1 aromatic rings. The van der Waals surface area contributed by atoms with Crippen LogP contribution in [-0.2, 0) is 4.79 Å². The van der Waals surface area contributed by atoms with Crippen molar-refractivity contribution >= 4 is 29.2 Å². The Labute approximate surface area is 110 Å². The van der Waals surface area contributed by atoms with Crippen LogP contribution in [0.5, 0.6) is 0 Å². The summed E-state index contributed by atoms with van der Waals surface area (Å²) in [4.78, 5) is 24.7. The van der Waals surface area contributed by atoms with E-state index in [0.29, 0.717) is 18.0 Å². The second-order valence-electron chi connectivity index (χ2n) is 4.11. The summed E-state index contributed by atoms with van der Waals surface area (Å²) in [7, 11) is 1.54. The van der Waals surface area contributed by atoms with Gasteiger partial charge in [-0.15, -0.1) is 0 Å². The molecule has 0 aromatic heterocycles. The van der Waals surface area contributed by atoms with E-state index >= 15 is 0 Å². The van der Waals surface area contributed by atoms with Crippen molar-refractivity contribution in [1.82, 2.24) is 10.6 Å². The van der Waals surface area contributed by atoms with E-state index in [9.17, 15) is 9.59 Å². The zero-order valence-corrected chi connectivity index (χ0v) is 10.7. The number of amides is 3. The van der Waals surface area contributed by atoms with Crippen molar-refractivity contribution in [2.24, 2.45) is 0 Å². The van der Waals surface area contributed by atoms with Gasteiger partial charge in [-0.2, -0.15) is 0 Å². The topological polar surface area (TPSA) is 61.4 Å². The number of carbonyl (C=O) groups excluding carboxylic acids is 2. The minimum Gasteiger partial charge on any atom is -0.341 e. The van der Waals surface area contributed by atoms with E-state index in [1.165, 1.54) is 0 Å². The molecule has 0 unspecified atom stereocenters. The van der Waals surface area contributed by atoms with Crippen LogP contribution >= 0.6 is 11.6 Å². The predicted octanol–water partition coefficient (Wildman–Crippen LogP) is 1.37. The van der Waals surface area contributed by atoms with Crippen molar-refractivity contribution in [3.05, 3.63) is 29.3 Å². The number of nitrogens with one attached hydrogen (secondary N) is 2. The van der Waals surface area contributed by atoms with E-state index in [1.807, 2.05) is 0 Å². The van der Waals surface area contributed by atoms with E-state index in [1.54, 1.807) is 36.2 Å². The fourth-order valence-corrected chi connectivity index (χ4v) is 2.06. The van der Waals surface area contributed by atoms with Crippen LogP contribution in [0.15, 0.2) is 24.3 Å². The molecule has 96 valence electrons. The highest BCUT2D eigenvalue weighted by Gasteiger charge is 2.31. The van der Waals surface area contributed by atoms with Crippen molar-refractivity contribution in [2.75, 3.05) is 18.5 Å². The van der Waals surface area contributed by atoms with Gasteiger partial charge in [-0.1, -0.05) is 11.6 Å². The van der Waals surface area contributed by atoms with Gasteiger partial charge < -0.3 is 15.5 Å². The standard InChI is InChI=1S/C12H14ClN3O2/c1-14-12(18)15-9-6-11(17)16(7-9)10-4-2-8(13)3-5-10/h2-5,9H,6-7H2,1H3,(H2,14,15,18)/t9-/m1/s1. The summed E-state index contributed by atoms with van der Waals surface area (Å²) in [5.74, 6) is -0.00118. The minimum atomic E-state index is -0.272. The predicted molar refractivity (Wildman–Crippen MR) is 69.8 cm³/mol. The third-order valence-electron chi connectivity index (χ3n) is 2.83. The van der Waals surface area contributed by atoms with Gasteiger partial charge in [-0.25, -0.2) is 4.79 Å². The maximum absolute atomic E-state index is 11.9. The SMILES string of the molecule is CNC(=O)N[C@@H]1CC(=O)N(c2ccc(Cl)cc2)C1. The summed E-state index contributed by atoms with van der Waals surface area (Å²) in [6.45, 7) is 0.480. The second-order valence-corrected chi connectivity index (χ2v) is 4.54. The van der Waals surface area contributed by atoms with Crippen LogP contribution in [-0.4, -0.2) is 31.6 Å². The van der Waals surface area contributed by atoms with Crippen molar-refractivity contribution in [3.8, 4) is 0 Å². The van der Waals surface area contributed by atoms with Gasteiger partial charge >= 0.3 is 6.03 Å². The molecule has 2 N–H and O–H groups in total. The van der Waals surface area contributed by atoms with Gasteiger partial charge in [0.1, 0.15) is 0 Å². The number of rotatable bonds is 2. The Bertz CT molecular complexity index is 461. The zero-order valence-electron chi connectivity index (χ0n) is 9.94. The Kier molecular flexibility index (Phi) is 3.72. The second kappa shape index (κ2) is 5.27. The Balaban J connectivity index is 2.05. The highest BCUT2D eigenvalue weighted by atomic mass is 35.5. The number of carbonyl (C=O) groups is 2. The molecule has 0 bridgehead atoms. The van der Waals surface area contributed by atoms with Gasteiger partial charge in [-0.3, -0.25) is 4.79 Å². The molecule has 2 rings (SSSR count). The summed E-state index contributed by atoms with van der Waals surface area (Å²) in [5.41, 5.74) is 0.797. The van der Waals surface area contributed by atoms with E-state index in [-0.39, 0.29) is 18.0 Å². The first-order valence-electron chi connectivity index (χ1n) is 5.64. The van der Waals surface area contributed by atoms with Crippen LogP contribution in [0.4, 0.5) is 10.5 Å². The molecule has 0 spiro atoms. The molecule has 0 saturated carbocycles. The molecule has 1 heterocycles. The maximum atomic E-state index is 11.9. The number of nitrogens with zero attached hydrogens (tertiary/aromatic N) is 1.